The second-order valence-electron chi connectivity index (χ2n) is 9.26. The van der Waals surface area contributed by atoms with Crippen molar-refractivity contribution in [1.82, 2.24) is 0 Å². The highest BCUT2D eigenvalue weighted by Gasteiger charge is 2.33. The Hall–Kier alpha value is -2.41. The summed E-state index contributed by atoms with van der Waals surface area (Å²) in [6.07, 6.45) is 0.957. The molecule has 0 amide bonds. The van der Waals surface area contributed by atoms with Gasteiger partial charge in [0.1, 0.15) is 11.5 Å². The van der Waals surface area contributed by atoms with E-state index in [0.29, 0.717) is 31.1 Å². The largest absolute Gasteiger partial charge is 0.494 e. The van der Waals surface area contributed by atoms with Crippen LogP contribution in [0.5, 0.6) is 11.5 Å². The van der Waals surface area contributed by atoms with Crippen molar-refractivity contribution in [2.24, 2.45) is 10.8 Å². The van der Waals surface area contributed by atoms with E-state index in [1.807, 2.05) is 24.3 Å². The molecule has 2 fully saturated rings. The fraction of sp³-hybridized carbons (Fsp3) is 0.480. The average molecular weight is 427 g/mol. The van der Waals surface area contributed by atoms with Crippen molar-refractivity contribution in [3.8, 4) is 11.5 Å². The van der Waals surface area contributed by atoms with Crippen molar-refractivity contribution in [2.75, 3.05) is 39.6 Å². The first kappa shape index (κ1) is 21.8. The van der Waals surface area contributed by atoms with Crippen molar-refractivity contribution >= 4 is 5.97 Å². The van der Waals surface area contributed by atoms with Crippen molar-refractivity contribution in [1.29, 1.82) is 0 Å². The van der Waals surface area contributed by atoms with Gasteiger partial charge in [-0.15, -0.1) is 0 Å². The zero-order chi connectivity index (χ0) is 21.7. The number of hydrogen-bond acceptors (Lipinski definition) is 6. The molecule has 166 valence electrons. The van der Waals surface area contributed by atoms with Crippen LogP contribution in [0.4, 0.5) is 0 Å². The molecule has 2 heterocycles. The molecule has 2 aliphatic heterocycles. The maximum Gasteiger partial charge on any atom is 0.343 e. The van der Waals surface area contributed by atoms with Crippen molar-refractivity contribution in [2.45, 2.75) is 26.9 Å². The number of carbonyl (C=O) groups is 1. The van der Waals surface area contributed by atoms with Gasteiger partial charge in [-0.05, 0) is 48.4 Å². The number of hydrogen-bond donors (Lipinski definition) is 0. The minimum Gasteiger partial charge on any atom is -0.494 e. The van der Waals surface area contributed by atoms with Crippen LogP contribution in [0.2, 0.25) is 0 Å². The molecule has 0 saturated carbocycles. The van der Waals surface area contributed by atoms with E-state index in [0.717, 1.165) is 44.2 Å². The summed E-state index contributed by atoms with van der Waals surface area (Å²) in [4.78, 5) is 12.4. The lowest BCUT2D eigenvalue weighted by Gasteiger charge is -2.37. The van der Waals surface area contributed by atoms with Crippen LogP contribution in [0.3, 0.4) is 0 Å². The van der Waals surface area contributed by atoms with E-state index in [1.165, 1.54) is 0 Å². The van der Waals surface area contributed by atoms with Gasteiger partial charge in [0.05, 0.1) is 51.8 Å². The molecule has 0 bridgehead atoms. The monoisotopic (exact) mass is 426 g/mol. The highest BCUT2D eigenvalue weighted by Crippen LogP contribution is 2.30. The zero-order valence-electron chi connectivity index (χ0n) is 18.2. The van der Waals surface area contributed by atoms with E-state index >= 15 is 0 Å². The lowest BCUT2D eigenvalue weighted by atomic mass is 9.85. The van der Waals surface area contributed by atoms with Gasteiger partial charge >= 0.3 is 5.97 Å². The zero-order valence-corrected chi connectivity index (χ0v) is 18.2. The molecule has 0 spiro atoms. The van der Waals surface area contributed by atoms with Crippen LogP contribution in [-0.4, -0.2) is 45.6 Å². The van der Waals surface area contributed by atoms with E-state index in [1.54, 1.807) is 24.3 Å². The molecule has 0 unspecified atom stereocenters. The summed E-state index contributed by atoms with van der Waals surface area (Å²) in [7, 11) is 0. The van der Waals surface area contributed by atoms with Crippen LogP contribution in [0.25, 0.3) is 0 Å². The number of carbonyl (C=O) groups excluding carboxylic acids is 1. The summed E-state index contributed by atoms with van der Waals surface area (Å²) in [6.45, 7) is 9.28. The Morgan fingerprint density at radius 3 is 2.06 bits per heavy atom. The van der Waals surface area contributed by atoms with Gasteiger partial charge in [0, 0.05) is 10.8 Å². The second-order valence-corrected chi connectivity index (χ2v) is 9.26. The number of benzene rings is 2. The van der Waals surface area contributed by atoms with Crippen molar-refractivity contribution in [3.63, 3.8) is 0 Å². The lowest BCUT2D eigenvalue weighted by molar-refractivity contribution is -0.140. The fourth-order valence-corrected chi connectivity index (χ4v) is 3.47. The second kappa shape index (κ2) is 9.39. The van der Waals surface area contributed by atoms with E-state index in [2.05, 4.69) is 13.8 Å². The van der Waals surface area contributed by atoms with Gasteiger partial charge in [-0.1, -0.05) is 26.0 Å². The lowest BCUT2D eigenvalue weighted by Crippen LogP contribution is -2.43. The Bertz CT molecular complexity index is 866. The summed E-state index contributed by atoms with van der Waals surface area (Å²) in [6, 6.07) is 14.4. The summed E-state index contributed by atoms with van der Waals surface area (Å²) < 4.78 is 27.5. The highest BCUT2D eigenvalue weighted by atomic mass is 16.5. The molecular formula is C25H30O6. The fourth-order valence-electron chi connectivity index (χ4n) is 3.47. The molecule has 4 rings (SSSR count). The van der Waals surface area contributed by atoms with Crippen LogP contribution >= 0.6 is 0 Å². The van der Waals surface area contributed by atoms with Crippen LogP contribution in [0, 0.1) is 10.8 Å². The summed E-state index contributed by atoms with van der Waals surface area (Å²) in [5.41, 5.74) is 1.89. The van der Waals surface area contributed by atoms with Gasteiger partial charge in [-0.2, -0.15) is 0 Å². The molecule has 6 nitrogen and oxygen atoms in total. The molecule has 0 aromatic heterocycles. The van der Waals surface area contributed by atoms with Gasteiger partial charge in [0.15, 0.2) is 0 Å². The Morgan fingerprint density at radius 1 is 0.871 bits per heavy atom. The van der Waals surface area contributed by atoms with E-state index in [-0.39, 0.29) is 10.8 Å². The molecule has 2 aliphatic rings. The first-order valence-corrected chi connectivity index (χ1v) is 10.7. The van der Waals surface area contributed by atoms with E-state index in [4.69, 9.17) is 23.7 Å². The Morgan fingerprint density at radius 2 is 1.48 bits per heavy atom. The topological polar surface area (TPSA) is 63.2 Å². The average Bonchev–Trinajstić information content (AvgIpc) is 2.73. The standard InChI is InChI=1S/C25H30O6/c1-24(14-28-15-24)11-12-30-21-7-9-22(10-8-21)31-23(26)20-5-3-19(4-6-20)13-27-16-25(2)17-29-18-25/h3-10H,11-18H2,1-2H3. The predicted molar refractivity (Wildman–Crippen MR) is 115 cm³/mol. The van der Waals surface area contributed by atoms with Gasteiger partial charge in [-0.25, -0.2) is 4.79 Å². The SMILES string of the molecule is CC1(CCOc2ccc(OC(=O)c3ccc(COCC4(C)COC4)cc3)cc2)COC1. The van der Waals surface area contributed by atoms with Crippen LogP contribution < -0.4 is 9.47 Å². The highest BCUT2D eigenvalue weighted by molar-refractivity contribution is 5.91. The molecule has 0 atom stereocenters. The van der Waals surface area contributed by atoms with Crippen molar-refractivity contribution < 1.29 is 28.5 Å². The minimum atomic E-state index is -0.391. The van der Waals surface area contributed by atoms with E-state index in [9.17, 15) is 4.79 Å². The maximum atomic E-state index is 12.4. The van der Waals surface area contributed by atoms with Crippen molar-refractivity contribution in [3.05, 3.63) is 59.7 Å². The van der Waals surface area contributed by atoms with Gasteiger partial charge in [0.25, 0.3) is 0 Å². The third-order valence-corrected chi connectivity index (χ3v) is 5.72. The predicted octanol–water partition coefficient (Wildman–Crippen LogP) is 4.26. The number of rotatable bonds is 10. The first-order chi connectivity index (χ1) is 14.9. The number of esters is 1. The third kappa shape index (κ3) is 5.85. The van der Waals surface area contributed by atoms with Gasteiger partial charge in [-0.3, -0.25) is 0 Å². The molecule has 0 aliphatic carbocycles. The van der Waals surface area contributed by atoms with E-state index < -0.39 is 5.97 Å². The molecule has 2 aromatic carbocycles. The number of ether oxygens (including phenoxy) is 5. The summed E-state index contributed by atoms with van der Waals surface area (Å²) >= 11 is 0. The molecule has 0 radical (unpaired) electrons. The first-order valence-electron chi connectivity index (χ1n) is 10.7. The van der Waals surface area contributed by atoms with Gasteiger partial charge < -0.3 is 23.7 Å². The Balaban J connectivity index is 1.21. The molecule has 6 heteroatoms. The van der Waals surface area contributed by atoms with Crippen LogP contribution in [-0.2, 0) is 20.8 Å². The van der Waals surface area contributed by atoms with Gasteiger partial charge in [0.2, 0.25) is 0 Å². The smallest absolute Gasteiger partial charge is 0.343 e. The molecule has 0 N–H and O–H groups in total. The maximum absolute atomic E-state index is 12.4. The van der Waals surface area contributed by atoms with Crippen LogP contribution in [0.1, 0.15) is 36.2 Å². The normalized spacial score (nSPS) is 18.5. The molecular weight excluding hydrogens is 396 g/mol. The quantitative estimate of drug-likeness (QED) is 0.418. The molecule has 2 aromatic rings. The minimum absolute atomic E-state index is 0.133. The third-order valence-electron chi connectivity index (χ3n) is 5.72. The molecule has 2 saturated heterocycles. The molecule has 31 heavy (non-hydrogen) atoms. The Labute approximate surface area is 183 Å². The summed E-state index contributed by atoms with van der Waals surface area (Å²) in [5.74, 6) is 0.855. The van der Waals surface area contributed by atoms with Crippen LogP contribution in [0.15, 0.2) is 48.5 Å². The summed E-state index contributed by atoms with van der Waals surface area (Å²) in [5, 5.41) is 0. The Kier molecular flexibility index (Phi) is 6.60.